The van der Waals surface area contributed by atoms with Crippen LogP contribution >= 0.6 is 0 Å². The van der Waals surface area contributed by atoms with Crippen LogP contribution in [0.5, 0.6) is 0 Å². The summed E-state index contributed by atoms with van der Waals surface area (Å²) in [6.45, 7) is 10.1. The zero-order chi connectivity index (χ0) is 19.9. The lowest BCUT2D eigenvalue weighted by Gasteiger charge is -2.28. The SMILES string of the molecule is C=C1C(=NC)C(=C(C)N)C(c2ccc(C)cc2)N1c1cc(C)c(=O)n(C)c1. The third kappa shape index (κ3) is 3.10. The summed E-state index contributed by atoms with van der Waals surface area (Å²) in [5.41, 5.74) is 13.4. The van der Waals surface area contributed by atoms with Crippen LogP contribution in [0.3, 0.4) is 0 Å². The molecule has 1 fully saturated rings. The van der Waals surface area contributed by atoms with Crippen molar-refractivity contribution in [1.82, 2.24) is 4.57 Å². The Morgan fingerprint density at radius 2 is 1.85 bits per heavy atom. The third-order valence-electron chi connectivity index (χ3n) is 5.02. The minimum atomic E-state index is -0.140. The number of hydrogen-bond acceptors (Lipinski definition) is 4. The molecule has 1 aliphatic heterocycles. The predicted octanol–water partition coefficient (Wildman–Crippen LogP) is 3.38. The predicted molar refractivity (Wildman–Crippen MR) is 112 cm³/mol. The second kappa shape index (κ2) is 6.91. The molecule has 0 radical (unpaired) electrons. The summed E-state index contributed by atoms with van der Waals surface area (Å²) in [5.74, 6) is 0. The Balaban J connectivity index is 2.29. The molecule has 0 spiro atoms. The normalized spacial score (nSPS) is 20.5. The van der Waals surface area contributed by atoms with Crippen molar-refractivity contribution in [3.8, 4) is 0 Å². The highest BCUT2D eigenvalue weighted by Crippen LogP contribution is 2.44. The molecule has 27 heavy (non-hydrogen) atoms. The standard InChI is InChI=1S/C22H26N4O/c1-13-7-9-17(10-8-13)21-19(15(3)23)20(24-5)16(4)26(21)18-11-14(2)22(27)25(6)12-18/h7-12,21H,4,23H2,1-3,5-6H3. The van der Waals surface area contributed by atoms with Crippen molar-refractivity contribution < 1.29 is 0 Å². The lowest BCUT2D eigenvalue weighted by atomic mass is 9.96. The second-order valence-corrected chi connectivity index (χ2v) is 7.10. The lowest BCUT2D eigenvalue weighted by Crippen LogP contribution is -2.26. The van der Waals surface area contributed by atoms with Crippen LogP contribution in [-0.4, -0.2) is 17.3 Å². The van der Waals surface area contributed by atoms with Crippen LogP contribution in [0.4, 0.5) is 5.69 Å². The van der Waals surface area contributed by atoms with Crippen LogP contribution in [0, 0.1) is 13.8 Å². The fourth-order valence-corrected chi connectivity index (χ4v) is 3.69. The maximum atomic E-state index is 12.2. The van der Waals surface area contributed by atoms with Gasteiger partial charge in [0.25, 0.3) is 5.56 Å². The molecule has 2 heterocycles. The molecule has 0 amide bonds. The molecular formula is C22H26N4O. The van der Waals surface area contributed by atoms with Gasteiger partial charge in [0.05, 0.1) is 23.1 Å². The quantitative estimate of drug-likeness (QED) is 0.891. The number of hydrogen-bond donors (Lipinski definition) is 1. The Bertz CT molecular complexity index is 995. The molecule has 2 N–H and O–H groups in total. The van der Waals surface area contributed by atoms with Gasteiger partial charge >= 0.3 is 0 Å². The zero-order valence-electron chi connectivity index (χ0n) is 16.6. The Hall–Kier alpha value is -3.08. The summed E-state index contributed by atoms with van der Waals surface area (Å²) in [6, 6.07) is 10.2. The van der Waals surface area contributed by atoms with Gasteiger partial charge in [-0.2, -0.15) is 0 Å². The Labute approximate surface area is 160 Å². The highest BCUT2D eigenvalue weighted by Gasteiger charge is 2.39. The lowest BCUT2D eigenvalue weighted by molar-refractivity contribution is 0.799. The molecule has 1 saturated heterocycles. The Morgan fingerprint density at radius 3 is 2.37 bits per heavy atom. The first kappa shape index (κ1) is 18.7. The maximum absolute atomic E-state index is 12.2. The van der Waals surface area contributed by atoms with E-state index in [2.05, 4.69) is 47.7 Å². The summed E-state index contributed by atoms with van der Waals surface area (Å²) >= 11 is 0. The smallest absolute Gasteiger partial charge is 0.253 e. The van der Waals surface area contributed by atoms with Crippen LogP contribution in [0.15, 0.2) is 69.9 Å². The number of rotatable bonds is 2. The van der Waals surface area contributed by atoms with E-state index in [1.165, 1.54) is 5.56 Å². The number of anilines is 1. The number of nitrogens with two attached hydrogens (primary N) is 1. The number of benzene rings is 1. The average Bonchev–Trinajstić information content (AvgIpc) is 2.92. The minimum Gasteiger partial charge on any atom is -0.402 e. The van der Waals surface area contributed by atoms with E-state index in [0.717, 1.165) is 28.2 Å². The molecule has 140 valence electrons. The summed E-state index contributed by atoms with van der Waals surface area (Å²) in [4.78, 5) is 18.8. The second-order valence-electron chi connectivity index (χ2n) is 7.10. The van der Waals surface area contributed by atoms with E-state index in [0.29, 0.717) is 11.3 Å². The van der Waals surface area contributed by atoms with Gasteiger partial charge in [-0.25, -0.2) is 0 Å². The van der Waals surface area contributed by atoms with E-state index >= 15 is 0 Å². The molecule has 1 atom stereocenters. The molecule has 1 aromatic heterocycles. The Morgan fingerprint density at radius 1 is 1.22 bits per heavy atom. The van der Waals surface area contributed by atoms with Crippen LogP contribution in [0.2, 0.25) is 0 Å². The topological polar surface area (TPSA) is 63.6 Å². The average molecular weight is 362 g/mol. The van der Waals surface area contributed by atoms with E-state index in [1.54, 1.807) is 18.7 Å². The van der Waals surface area contributed by atoms with Crippen molar-refractivity contribution in [3.05, 3.63) is 87.1 Å². The molecule has 5 heteroatoms. The zero-order valence-corrected chi connectivity index (χ0v) is 16.6. The van der Waals surface area contributed by atoms with Crippen molar-refractivity contribution in [1.29, 1.82) is 0 Å². The largest absolute Gasteiger partial charge is 0.402 e. The van der Waals surface area contributed by atoms with Gasteiger partial charge in [0.1, 0.15) is 0 Å². The number of aryl methyl sites for hydroxylation is 3. The van der Waals surface area contributed by atoms with Gasteiger partial charge in [-0.15, -0.1) is 0 Å². The summed E-state index contributed by atoms with van der Waals surface area (Å²) < 4.78 is 1.60. The minimum absolute atomic E-state index is 0.00871. The van der Waals surface area contributed by atoms with Gasteiger partial charge in [0, 0.05) is 37.1 Å². The molecule has 1 aliphatic rings. The van der Waals surface area contributed by atoms with Crippen molar-refractivity contribution in [2.45, 2.75) is 26.8 Å². The van der Waals surface area contributed by atoms with Crippen molar-refractivity contribution >= 4 is 11.4 Å². The van der Waals surface area contributed by atoms with E-state index in [9.17, 15) is 4.79 Å². The molecule has 1 unspecified atom stereocenters. The molecule has 1 aromatic carbocycles. The number of pyridine rings is 1. The van der Waals surface area contributed by atoms with Crippen LogP contribution in [0.1, 0.15) is 29.7 Å². The van der Waals surface area contributed by atoms with E-state index < -0.39 is 0 Å². The molecule has 5 nitrogen and oxygen atoms in total. The van der Waals surface area contributed by atoms with Crippen molar-refractivity contribution in [3.63, 3.8) is 0 Å². The molecule has 3 rings (SSSR count). The first-order chi connectivity index (χ1) is 12.8. The van der Waals surface area contributed by atoms with E-state index in [1.807, 2.05) is 26.1 Å². The molecular weight excluding hydrogens is 336 g/mol. The fraction of sp³-hybridized carbons (Fsp3) is 0.273. The van der Waals surface area contributed by atoms with Gasteiger partial charge in [0.2, 0.25) is 0 Å². The monoisotopic (exact) mass is 362 g/mol. The summed E-state index contributed by atoms with van der Waals surface area (Å²) in [7, 11) is 3.52. The van der Waals surface area contributed by atoms with Crippen molar-refractivity contribution in [2.75, 3.05) is 11.9 Å². The third-order valence-corrected chi connectivity index (χ3v) is 5.02. The Kier molecular flexibility index (Phi) is 4.79. The van der Waals surface area contributed by atoms with Crippen LogP contribution in [0.25, 0.3) is 0 Å². The van der Waals surface area contributed by atoms with Gasteiger partial charge in [0.15, 0.2) is 0 Å². The summed E-state index contributed by atoms with van der Waals surface area (Å²) in [6.07, 6.45) is 1.84. The number of aliphatic imine (C=N–C) groups is 1. The fourth-order valence-electron chi connectivity index (χ4n) is 3.69. The number of allylic oxidation sites excluding steroid dienone is 2. The maximum Gasteiger partial charge on any atom is 0.253 e. The van der Waals surface area contributed by atoms with Crippen LogP contribution < -0.4 is 16.2 Å². The number of nitrogens with zero attached hydrogens (tertiary/aromatic N) is 3. The van der Waals surface area contributed by atoms with Gasteiger partial charge in [-0.1, -0.05) is 36.4 Å². The van der Waals surface area contributed by atoms with E-state index in [4.69, 9.17) is 5.73 Å². The highest BCUT2D eigenvalue weighted by atomic mass is 16.1. The molecule has 0 aliphatic carbocycles. The molecule has 0 bridgehead atoms. The number of aromatic nitrogens is 1. The first-order valence-electron chi connectivity index (χ1n) is 8.92. The van der Waals surface area contributed by atoms with Gasteiger partial charge in [-0.05, 0) is 32.4 Å². The molecule has 2 aromatic rings. The van der Waals surface area contributed by atoms with Gasteiger partial charge in [-0.3, -0.25) is 9.79 Å². The molecule has 0 saturated carbocycles. The van der Waals surface area contributed by atoms with Crippen LogP contribution in [-0.2, 0) is 7.05 Å². The van der Waals surface area contributed by atoms with E-state index in [-0.39, 0.29) is 11.6 Å². The summed E-state index contributed by atoms with van der Waals surface area (Å²) in [5, 5.41) is 0. The highest BCUT2D eigenvalue weighted by molar-refractivity contribution is 6.19. The van der Waals surface area contributed by atoms with Gasteiger partial charge < -0.3 is 15.2 Å². The van der Waals surface area contributed by atoms with Crippen molar-refractivity contribution in [2.24, 2.45) is 17.8 Å². The first-order valence-corrected chi connectivity index (χ1v) is 8.92.